The van der Waals surface area contributed by atoms with E-state index in [4.69, 9.17) is 4.74 Å². The number of hydrogen-bond donors (Lipinski definition) is 2. The van der Waals surface area contributed by atoms with E-state index < -0.39 is 18.1 Å². The quantitative estimate of drug-likeness (QED) is 0.759. The molecule has 0 spiro atoms. The van der Waals surface area contributed by atoms with Crippen molar-refractivity contribution < 1.29 is 14.3 Å². The Hall–Kier alpha value is -1.96. The number of nitrogens with one attached hydrogen (secondary N) is 2. The van der Waals surface area contributed by atoms with Crippen LogP contribution in [0.5, 0.6) is 0 Å². The van der Waals surface area contributed by atoms with Gasteiger partial charge in [0.05, 0.1) is 5.52 Å². The van der Waals surface area contributed by atoms with Gasteiger partial charge in [0.1, 0.15) is 11.9 Å². The zero-order valence-electron chi connectivity index (χ0n) is 13.5. The molecule has 1 amide bonds. The van der Waals surface area contributed by atoms with Crippen LogP contribution in [0.25, 0.3) is 11.2 Å². The molecular formula is C16H19BrN4O3. The first-order valence-electron chi connectivity index (χ1n) is 7.96. The van der Waals surface area contributed by atoms with Crippen molar-refractivity contribution in [3.05, 3.63) is 22.6 Å². The highest BCUT2D eigenvalue weighted by atomic mass is 79.9. The first-order valence-corrected chi connectivity index (χ1v) is 8.75. The number of H-pyrrole nitrogens is 1. The monoisotopic (exact) mass is 394 g/mol. The number of hydrogen-bond acceptors (Lipinski definition) is 5. The summed E-state index contributed by atoms with van der Waals surface area (Å²) in [5.41, 5.74) is 1.32. The Balaban J connectivity index is 1.60. The molecule has 128 valence electrons. The van der Waals surface area contributed by atoms with Gasteiger partial charge < -0.3 is 15.0 Å². The van der Waals surface area contributed by atoms with Crippen LogP contribution >= 0.6 is 15.9 Å². The number of fused-ring (bicyclic) bond motifs is 1. The number of amides is 1. The molecular weight excluding hydrogens is 376 g/mol. The number of esters is 1. The third-order valence-corrected chi connectivity index (χ3v) is 4.62. The number of aromatic amines is 1. The van der Waals surface area contributed by atoms with Crippen molar-refractivity contribution in [2.75, 3.05) is 0 Å². The van der Waals surface area contributed by atoms with Gasteiger partial charge in [0.25, 0.3) is 0 Å². The maximum atomic E-state index is 12.2. The van der Waals surface area contributed by atoms with Crippen LogP contribution in [0.3, 0.4) is 0 Å². The van der Waals surface area contributed by atoms with Gasteiger partial charge in [-0.15, -0.1) is 0 Å². The van der Waals surface area contributed by atoms with Crippen molar-refractivity contribution in [2.45, 2.75) is 45.3 Å². The number of ether oxygens (including phenoxy) is 1. The van der Waals surface area contributed by atoms with Crippen LogP contribution in [0.4, 0.5) is 0 Å². The van der Waals surface area contributed by atoms with Gasteiger partial charge in [-0.1, -0.05) is 6.42 Å². The minimum absolute atomic E-state index is 0.0394. The summed E-state index contributed by atoms with van der Waals surface area (Å²) in [6.45, 7) is 3.36. The van der Waals surface area contributed by atoms with Gasteiger partial charge >= 0.3 is 5.97 Å². The number of imidazole rings is 1. The molecule has 8 heteroatoms. The third kappa shape index (κ3) is 3.58. The van der Waals surface area contributed by atoms with Crippen molar-refractivity contribution >= 4 is 39.0 Å². The topological polar surface area (TPSA) is 97.0 Å². The van der Waals surface area contributed by atoms with Crippen LogP contribution in [0, 0.1) is 5.92 Å². The van der Waals surface area contributed by atoms with Gasteiger partial charge in [-0.05, 0) is 48.7 Å². The Labute approximate surface area is 147 Å². The first kappa shape index (κ1) is 16.9. The first-order chi connectivity index (χ1) is 11.4. The molecule has 1 saturated carbocycles. The molecule has 2 aromatic rings. The van der Waals surface area contributed by atoms with Gasteiger partial charge in [-0.25, -0.2) is 14.8 Å². The zero-order valence-corrected chi connectivity index (χ0v) is 15.1. The number of aromatic nitrogens is 3. The summed E-state index contributed by atoms with van der Waals surface area (Å²) < 4.78 is 6.24. The summed E-state index contributed by atoms with van der Waals surface area (Å²) in [5.74, 6) is -0.0000494. The van der Waals surface area contributed by atoms with Crippen molar-refractivity contribution in [1.82, 2.24) is 20.3 Å². The Morgan fingerprint density at radius 3 is 2.83 bits per heavy atom. The van der Waals surface area contributed by atoms with Crippen LogP contribution in [-0.2, 0) is 14.3 Å². The van der Waals surface area contributed by atoms with Crippen molar-refractivity contribution in [2.24, 2.45) is 5.92 Å². The number of carbonyl (C=O) groups is 2. The number of rotatable bonds is 5. The van der Waals surface area contributed by atoms with E-state index in [0.717, 1.165) is 29.3 Å². The van der Waals surface area contributed by atoms with E-state index in [1.54, 1.807) is 20.0 Å². The summed E-state index contributed by atoms with van der Waals surface area (Å²) in [6, 6.07) is 1.17. The lowest BCUT2D eigenvalue weighted by atomic mass is 9.84. The van der Waals surface area contributed by atoms with Gasteiger partial charge in [-0.3, -0.25) is 4.79 Å². The summed E-state index contributed by atoms with van der Waals surface area (Å²) >= 11 is 3.35. The molecule has 1 fully saturated rings. The fraction of sp³-hybridized carbons (Fsp3) is 0.500. The molecule has 1 aliphatic rings. The molecule has 0 aromatic carbocycles. The number of nitrogens with zero attached hydrogens (tertiary/aromatic N) is 2. The molecule has 1 aliphatic carbocycles. The second-order valence-corrected chi connectivity index (χ2v) is 7.00. The molecule has 2 N–H and O–H groups in total. The van der Waals surface area contributed by atoms with Crippen LogP contribution < -0.4 is 5.32 Å². The van der Waals surface area contributed by atoms with Crippen molar-refractivity contribution in [3.8, 4) is 0 Å². The van der Waals surface area contributed by atoms with Crippen LogP contribution in [-0.4, -0.2) is 32.9 Å². The summed E-state index contributed by atoms with van der Waals surface area (Å²) in [4.78, 5) is 35.7. The predicted octanol–water partition coefficient (Wildman–Crippen LogP) is 2.63. The van der Waals surface area contributed by atoms with E-state index in [1.807, 2.05) is 6.07 Å². The Morgan fingerprint density at radius 2 is 2.17 bits per heavy atom. The van der Waals surface area contributed by atoms with E-state index in [1.165, 1.54) is 0 Å². The standard InChI is InChI=1S/C16H19BrN4O3/c1-8(19-15(22)10-4-3-5-10)16(23)24-9(2)13-20-12-6-11(17)7-18-14(12)21-13/h6-10H,3-5H2,1-2H3,(H,19,22)(H,18,20,21). The maximum absolute atomic E-state index is 12.2. The molecule has 0 bridgehead atoms. The molecule has 0 radical (unpaired) electrons. The molecule has 3 rings (SSSR count). The number of carbonyl (C=O) groups excluding carboxylic acids is 2. The lowest BCUT2D eigenvalue weighted by molar-refractivity contribution is -0.153. The molecule has 2 unspecified atom stereocenters. The van der Waals surface area contributed by atoms with Gasteiger partial charge in [0.2, 0.25) is 5.91 Å². The molecule has 0 saturated heterocycles. The second kappa shape index (κ2) is 6.88. The minimum atomic E-state index is -0.683. The van der Waals surface area contributed by atoms with E-state index in [9.17, 15) is 9.59 Å². The summed E-state index contributed by atoms with van der Waals surface area (Å²) in [7, 11) is 0. The number of halogens is 1. The molecule has 2 aromatic heterocycles. The highest BCUT2D eigenvalue weighted by molar-refractivity contribution is 9.10. The molecule has 7 nitrogen and oxygen atoms in total. The normalized spacial score (nSPS) is 17.1. The molecule has 2 atom stereocenters. The van der Waals surface area contributed by atoms with E-state index in [-0.39, 0.29) is 11.8 Å². The zero-order chi connectivity index (χ0) is 17.3. The highest BCUT2D eigenvalue weighted by Crippen LogP contribution is 2.26. The predicted molar refractivity (Wildman–Crippen MR) is 91.0 cm³/mol. The van der Waals surface area contributed by atoms with Gasteiger partial charge in [0, 0.05) is 16.6 Å². The average molecular weight is 395 g/mol. The van der Waals surface area contributed by atoms with E-state index in [0.29, 0.717) is 11.5 Å². The number of pyridine rings is 1. The lowest BCUT2D eigenvalue weighted by Gasteiger charge is -2.25. The highest BCUT2D eigenvalue weighted by Gasteiger charge is 2.28. The smallest absolute Gasteiger partial charge is 0.329 e. The fourth-order valence-corrected chi connectivity index (χ4v) is 2.81. The van der Waals surface area contributed by atoms with Crippen LogP contribution in [0.15, 0.2) is 16.7 Å². The van der Waals surface area contributed by atoms with Crippen LogP contribution in [0.1, 0.15) is 45.0 Å². The third-order valence-electron chi connectivity index (χ3n) is 4.19. The van der Waals surface area contributed by atoms with E-state index >= 15 is 0 Å². The van der Waals surface area contributed by atoms with Crippen molar-refractivity contribution in [3.63, 3.8) is 0 Å². The Kier molecular flexibility index (Phi) is 4.84. The van der Waals surface area contributed by atoms with E-state index in [2.05, 4.69) is 36.2 Å². The van der Waals surface area contributed by atoms with Crippen LogP contribution in [0.2, 0.25) is 0 Å². The molecule has 2 heterocycles. The Bertz CT molecular complexity index is 772. The summed E-state index contributed by atoms with van der Waals surface area (Å²) in [5, 5.41) is 2.71. The SMILES string of the molecule is CC(NC(=O)C1CCC1)C(=O)OC(C)c1nc2ncc(Br)cc2[nH]1. The molecule has 0 aliphatic heterocycles. The summed E-state index contributed by atoms with van der Waals surface area (Å²) in [6.07, 6.45) is 3.96. The lowest BCUT2D eigenvalue weighted by Crippen LogP contribution is -2.44. The Morgan fingerprint density at radius 1 is 1.42 bits per heavy atom. The van der Waals surface area contributed by atoms with Crippen molar-refractivity contribution in [1.29, 1.82) is 0 Å². The minimum Gasteiger partial charge on any atom is -0.453 e. The largest absolute Gasteiger partial charge is 0.453 e. The average Bonchev–Trinajstić information content (AvgIpc) is 2.88. The second-order valence-electron chi connectivity index (χ2n) is 6.08. The van der Waals surface area contributed by atoms with Gasteiger partial charge in [-0.2, -0.15) is 0 Å². The molecule has 24 heavy (non-hydrogen) atoms. The maximum Gasteiger partial charge on any atom is 0.329 e. The fourth-order valence-electron chi connectivity index (χ4n) is 2.48. The van der Waals surface area contributed by atoms with Gasteiger partial charge in [0.15, 0.2) is 11.8 Å².